The van der Waals surface area contributed by atoms with Crippen molar-refractivity contribution in [2.24, 2.45) is 4.99 Å². The molecule has 0 spiro atoms. The Hall–Kier alpha value is 0.430. The lowest BCUT2D eigenvalue weighted by atomic mass is 9.96. The monoisotopic (exact) mass is 322 g/mol. The predicted octanol–water partition coefficient (Wildman–Crippen LogP) is 4.73. The predicted molar refractivity (Wildman–Crippen MR) is 91.8 cm³/mol. The molecule has 0 amide bonds. The van der Waals surface area contributed by atoms with Crippen molar-refractivity contribution in [1.82, 2.24) is 5.09 Å². The van der Waals surface area contributed by atoms with Crippen LogP contribution in [-0.2, 0) is 16.3 Å². The van der Waals surface area contributed by atoms with E-state index in [-0.39, 0.29) is 0 Å². The number of hydrogen-bond acceptors (Lipinski definition) is 4. The summed E-state index contributed by atoms with van der Waals surface area (Å²) >= 11 is 7.42. The normalized spacial score (nSPS) is 22.3. The van der Waals surface area contributed by atoms with Crippen LogP contribution in [0.15, 0.2) is 4.99 Å². The van der Waals surface area contributed by atoms with Crippen molar-refractivity contribution in [2.75, 3.05) is 6.61 Å². The second-order valence-electron chi connectivity index (χ2n) is 4.94. The maximum absolute atomic E-state index is 5.78. The van der Waals surface area contributed by atoms with Gasteiger partial charge in [0.25, 0.3) is 0 Å². The molecule has 0 saturated heterocycles. The van der Waals surface area contributed by atoms with Gasteiger partial charge in [-0.15, -0.1) is 0 Å². The van der Waals surface area contributed by atoms with Crippen LogP contribution in [0, 0.1) is 0 Å². The van der Waals surface area contributed by atoms with Gasteiger partial charge in [0.05, 0.1) is 19.0 Å². The molecule has 6 heteroatoms. The van der Waals surface area contributed by atoms with E-state index in [4.69, 9.17) is 16.3 Å². The molecule has 1 N–H and O–H groups in total. The molecular weight excluding hydrogens is 295 g/mol. The zero-order chi connectivity index (χ0) is 14.1. The van der Waals surface area contributed by atoms with Gasteiger partial charge in [-0.25, -0.2) is 0 Å². The van der Waals surface area contributed by atoms with E-state index in [1.807, 2.05) is 13.3 Å². The van der Waals surface area contributed by atoms with Crippen LogP contribution in [0.3, 0.4) is 0 Å². The molecule has 3 nitrogen and oxygen atoms in total. The van der Waals surface area contributed by atoms with Crippen molar-refractivity contribution in [1.29, 1.82) is 0 Å². The van der Waals surface area contributed by atoms with Gasteiger partial charge in [0, 0.05) is 5.25 Å². The first kappa shape index (κ1) is 17.5. The molecular formula is C13H27N2OPS2. The van der Waals surface area contributed by atoms with Crippen molar-refractivity contribution >= 4 is 35.1 Å². The van der Waals surface area contributed by atoms with E-state index in [1.165, 1.54) is 32.1 Å². The summed E-state index contributed by atoms with van der Waals surface area (Å²) in [6, 6.07) is 0.486. The summed E-state index contributed by atoms with van der Waals surface area (Å²) < 4.78 is 5.78. The molecule has 1 saturated carbocycles. The van der Waals surface area contributed by atoms with Crippen molar-refractivity contribution in [3.8, 4) is 0 Å². The van der Waals surface area contributed by atoms with Crippen LogP contribution in [-0.4, -0.2) is 24.2 Å². The second kappa shape index (κ2) is 9.38. The van der Waals surface area contributed by atoms with Crippen LogP contribution in [0.25, 0.3) is 0 Å². The lowest BCUT2D eigenvalue weighted by Gasteiger charge is -2.24. The Labute approximate surface area is 127 Å². The maximum Gasteiger partial charge on any atom is 0.211 e. The Morgan fingerprint density at radius 3 is 2.68 bits per heavy atom. The highest BCUT2D eigenvalue weighted by Gasteiger charge is 2.20. The van der Waals surface area contributed by atoms with E-state index in [2.05, 4.69) is 23.9 Å². The third-order valence-electron chi connectivity index (χ3n) is 3.27. The van der Waals surface area contributed by atoms with E-state index in [1.54, 1.807) is 11.4 Å². The van der Waals surface area contributed by atoms with Crippen LogP contribution in [0.2, 0.25) is 0 Å². The van der Waals surface area contributed by atoms with E-state index < -0.39 is 5.62 Å². The summed E-state index contributed by atoms with van der Waals surface area (Å²) in [5.74, 6) is 0. The fraction of sp³-hybridized carbons (Fsp3) is 0.923. The van der Waals surface area contributed by atoms with E-state index >= 15 is 0 Å². The Morgan fingerprint density at radius 1 is 1.42 bits per heavy atom. The molecule has 0 bridgehead atoms. The largest absolute Gasteiger partial charge is 0.327 e. The van der Waals surface area contributed by atoms with Crippen molar-refractivity contribution < 1.29 is 4.52 Å². The first-order valence-corrected chi connectivity index (χ1v) is 11.5. The molecule has 0 heterocycles. The zero-order valence-electron chi connectivity index (χ0n) is 12.3. The number of hydrogen-bond donors (Lipinski definition) is 1. The molecule has 19 heavy (non-hydrogen) atoms. The first-order valence-electron chi connectivity index (χ1n) is 7.32. The third-order valence-corrected chi connectivity index (χ3v) is 9.22. The van der Waals surface area contributed by atoms with Gasteiger partial charge in [-0.05, 0) is 38.0 Å². The average Bonchev–Trinajstić information content (AvgIpc) is 2.40. The van der Waals surface area contributed by atoms with Crippen molar-refractivity contribution in [3.05, 3.63) is 0 Å². The molecule has 0 aromatic heterocycles. The minimum absolute atomic E-state index is 0.486. The molecule has 0 aliphatic heterocycles. The second-order valence-corrected chi connectivity index (χ2v) is 11.9. The Kier molecular flexibility index (Phi) is 8.63. The Balaban J connectivity index is 2.47. The minimum Gasteiger partial charge on any atom is -0.327 e. The molecule has 0 aromatic rings. The highest BCUT2D eigenvalue weighted by atomic mass is 32.9. The summed E-state index contributed by atoms with van der Waals surface area (Å²) in [6.45, 7) is 7.03. The lowest BCUT2D eigenvalue weighted by Crippen LogP contribution is -2.15. The van der Waals surface area contributed by atoms with Gasteiger partial charge < -0.3 is 9.61 Å². The van der Waals surface area contributed by atoms with Crippen LogP contribution in [0.4, 0.5) is 0 Å². The van der Waals surface area contributed by atoms with Crippen LogP contribution in [0.1, 0.15) is 59.3 Å². The van der Waals surface area contributed by atoms with Crippen LogP contribution < -0.4 is 5.09 Å². The van der Waals surface area contributed by atoms with Gasteiger partial charge >= 0.3 is 0 Å². The van der Waals surface area contributed by atoms with Gasteiger partial charge in [0.1, 0.15) is 0 Å². The Morgan fingerprint density at radius 2 is 2.11 bits per heavy atom. The molecule has 1 fully saturated rings. The van der Waals surface area contributed by atoms with Crippen molar-refractivity contribution in [2.45, 2.75) is 70.6 Å². The Bertz CT molecular complexity index is 320. The smallest absolute Gasteiger partial charge is 0.211 e. The topological polar surface area (TPSA) is 33.6 Å². The molecule has 0 aromatic carbocycles. The minimum atomic E-state index is -2.01. The lowest BCUT2D eigenvalue weighted by molar-refractivity contribution is 0.383. The third kappa shape index (κ3) is 7.12. The quantitative estimate of drug-likeness (QED) is 0.398. The molecule has 1 rings (SSSR count). The van der Waals surface area contributed by atoms with Gasteiger partial charge in [0.2, 0.25) is 5.62 Å². The maximum atomic E-state index is 5.78. The highest BCUT2D eigenvalue weighted by molar-refractivity contribution is 8.69. The summed E-state index contributed by atoms with van der Waals surface area (Å²) in [4.78, 5) is 4.62. The molecule has 0 radical (unpaired) electrons. The van der Waals surface area contributed by atoms with Gasteiger partial charge in [-0.1, -0.05) is 44.5 Å². The number of aliphatic imine (C=N–C) groups is 1. The molecule has 2 unspecified atom stereocenters. The fourth-order valence-electron chi connectivity index (χ4n) is 2.02. The summed E-state index contributed by atoms with van der Waals surface area (Å²) in [5.41, 5.74) is -2.01. The van der Waals surface area contributed by atoms with E-state index in [0.717, 1.165) is 6.42 Å². The highest BCUT2D eigenvalue weighted by Crippen LogP contribution is 2.58. The van der Waals surface area contributed by atoms with Crippen LogP contribution in [0.5, 0.6) is 0 Å². The number of rotatable bonds is 8. The van der Waals surface area contributed by atoms with Crippen molar-refractivity contribution in [3.63, 3.8) is 0 Å². The average molecular weight is 322 g/mol. The number of nitrogens with zero attached hydrogens (tertiary/aromatic N) is 1. The fourth-order valence-corrected chi connectivity index (χ4v) is 7.86. The summed E-state index contributed by atoms with van der Waals surface area (Å²) in [6.07, 6.45) is 9.34. The van der Waals surface area contributed by atoms with Gasteiger partial charge in [-0.3, -0.25) is 4.99 Å². The number of nitrogens with one attached hydrogen (secondary N) is 1. The first-order chi connectivity index (χ1) is 9.09. The molecule has 112 valence electrons. The van der Waals surface area contributed by atoms with E-state index in [0.29, 0.717) is 17.9 Å². The molecule has 1 aliphatic carbocycles. The van der Waals surface area contributed by atoms with E-state index in [9.17, 15) is 0 Å². The SMILES string of the molecule is CCOP(=S)(NC=NC1CCCCC1)SC(C)CC. The van der Waals surface area contributed by atoms with Gasteiger partial charge in [0.15, 0.2) is 0 Å². The van der Waals surface area contributed by atoms with Crippen LogP contribution >= 0.6 is 17.0 Å². The zero-order valence-corrected chi connectivity index (χ0v) is 14.8. The summed E-state index contributed by atoms with van der Waals surface area (Å²) in [5, 5.41) is 3.81. The van der Waals surface area contributed by atoms with Gasteiger partial charge in [-0.2, -0.15) is 0 Å². The standard InChI is InChI=1S/C13H27N2OPS2/c1-4-12(3)19-17(18,16-5-2)15-11-14-13-9-7-6-8-10-13/h11-13H,4-10H2,1-3H3,(H,14,15,18). The summed E-state index contributed by atoms with van der Waals surface area (Å²) in [7, 11) is 0. The molecule has 1 aliphatic rings. The molecule has 2 atom stereocenters.